The molecule has 1 saturated heterocycles. The van der Waals surface area contributed by atoms with Crippen molar-refractivity contribution < 1.29 is 4.74 Å². The molecule has 0 spiro atoms. The lowest BCUT2D eigenvalue weighted by molar-refractivity contribution is 0.0854. The number of ether oxygens (including phenoxy) is 1. The van der Waals surface area contributed by atoms with E-state index in [2.05, 4.69) is 22.0 Å². The van der Waals surface area contributed by atoms with Crippen molar-refractivity contribution in [1.82, 2.24) is 0 Å². The molecule has 0 atom stereocenters. The largest absolute Gasteiger partial charge is 0.398 e. The van der Waals surface area contributed by atoms with Crippen LogP contribution in [-0.4, -0.2) is 13.2 Å². The molecule has 1 aromatic rings. The minimum Gasteiger partial charge on any atom is -0.398 e. The van der Waals surface area contributed by atoms with Gasteiger partial charge in [-0.25, -0.2) is 0 Å². The van der Waals surface area contributed by atoms with E-state index < -0.39 is 0 Å². The normalized spacial score (nSPS) is 18.4. The van der Waals surface area contributed by atoms with E-state index in [1.807, 2.05) is 12.1 Å². The third kappa shape index (κ3) is 1.93. The number of para-hydroxylation sites is 1. The van der Waals surface area contributed by atoms with Crippen molar-refractivity contribution in [3.8, 4) is 0 Å². The van der Waals surface area contributed by atoms with Gasteiger partial charge in [-0.15, -0.1) is 0 Å². The van der Waals surface area contributed by atoms with Crippen molar-refractivity contribution in [1.29, 1.82) is 0 Å². The molecule has 3 heteroatoms. The highest BCUT2D eigenvalue weighted by Gasteiger charge is 2.18. The maximum absolute atomic E-state index is 6.03. The molecule has 2 rings (SSSR count). The van der Waals surface area contributed by atoms with Crippen LogP contribution in [0, 0.1) is 0 Å². The van der Waals surface area contributed by atoms with Gasteiger partial charge in [-0.05, 0) is 46.3 Å². The number of hydrogen-bond acceptors (Lipinski definition) is 2. The van der Waals surface area contributed by atoms with Crippen LogP contribution in [0.15, 0.2) is 22.7 Å². The molecule has 1 fully saturated rings. The lowest BCUT2D eigenvalue weighted by atomic mass is 9.91. The zero-order valence-corrected chi connectivity index (χ0v) is 9.59. The number of nitrogen functional groups attached to an aromatic ring is 1. The highest BCUT2D eigenvalue weighted by Crippen LogP contribution is 2.34. The molecule has 1 aliphatic heterocycles. The quantitative estimate of drug-likeness (QED) is 0.784. The van der Waals surface area contributed by atoms with Gasteiger partial charge < -0.3 is 10.5 Å². The zero-order valence-electron chi connectivity index (χ0n) is 8.00. The van der Waals surface area contributed by atoms with Gasteiger partial charge in [-0.3, -0.25) is 0 Å². The SMILES string of the molecule is Nc1c(Br)cccc1C1CCOCC1. The average molecular weight is 256 g/mol. The van der Waals surface area contributed by atoms with Gasteiger partial charge in [0, 0.05) is 23.4 Å². The van der Waals surface area contributed by atoms with Crippen LogP contribution in [0.25, 0.3) is 0 Å². The second-order valence-electron chi connectivity index (χ2n) is 3.63. The maximum atomic E-state index is 6.03. The number of nitrogens with two attached hydrogens (primary N) is 1. The summed E-state index contributed by atoms with van der Waals surface area (Å²) in [6.45, 7) is 1.72. The summed E-state index contributed by atoms with van der Waals surface area (Å²) in [5.74, 6) is 0.571. The number of rotatable bonds is 1. The molecule has 0 saturated carbocycles. The van der Waals surface area contributed by atoms with E-state index >= 15 is 0 Å². The Hall–Kier alpha value is -0.540. The van der Waals surface area contributed by atoms with Crippen LogP contribution in [0.4, 0.5) is 5.69 Å². The first-order chi connectivity index (χ1) is 6.79. The Morgan fingerprint density at radius 2 is 2.00 bits per heavy atom. The summed E-state index contributed by atoms with van der Waals surface area (Å²) in [6, 6.07) is 6.15. The van der Waals surface area contributed by atoms with Gasteiger partial charge in [0.15, 0.2) is 0 Å². The minimum atomic E-state index is 0.571. The molecule has 1 aliphatic rings. The van der Waals surface area contributed by atoms with Gasteiger partial charge in [0.05, 0.1) is 0 Å². The van der Waals surface area contributed by atoms with Crippen LogP contribution < -0.4 is 5.73 Å². The monoisotopic (exact) mass is 255 g/mol. The molecule has 0 unspecified atom stereocenters. The van der Waals surface area contributed by atoms with Crippen LogP contribution in [0.3, 0.4) is 0 Å². The van der Waals surface area contributed by atoms with Crippen molar-refractivity contribution in [2.45, 2.75) is 18.8 Å². The van der Waals surface area contributed by atoms with Gasteiger partial charge in [0.25, 0.3) is 0 Å². The number of benzene rings is 1. The van der Waals surface area contributed by atoms with Crippen molar-refractivity contribution in [3.05, 3.63) is 28.2 Å². The predicted octanol–water partition coefficient (Wildman–Crippen LogP) is 2.93. The Balaban J connectivity index is 2.26. The Kier molecular flexibility index (Phi) is 3.08. The molecular formula is C11H14BrNO. The van der Waals surface area contributed by atoms with Crippen LogP contribution in [0.2, 0.25) is 0 Å². The molecule has 0 aromatic heterocycles. The molecule has 1 aromatic carbocycles. The molecule has 14 heavy (non-hydrogen) atoms. The summed E-state index contributed by atoms with van der Waals surface area (Å²) < 4.78 is 6.34. The van der Waals surface area contributed by atoms with Crippen molar-refractivity contribution in [2.24, 2.45) is 0 Å². The third-order valence-electron chi connectivity index (χ3n) is 2.75. The van der Waals surface area contributed by atoms with E-state index in [9.17, 15) is 0 Å². The second kappa shape index (κ2) is 4.32. The van der Waals surface area contributed by atoms with E-state index in [1.54, 1.807) is 0 Å². The second-order valence-corrected chi connectivity index (χ2v) is 4.48. The summed E-state index contributed by atoms with van der Waals surface area (Å²) in [4.78, 5) is 0. The van der Waals surface area contributed by atoms with Crippen LogP contribution in [-0.2, 0) is 4.74 Å². The fourth-order valence-electron chi connectivity index (χ4n) is 1.92. The first kappa shape index (κ1) is 9.99. The van der Waals surface area contributed by atoms with E-state index in [0.717, 1.165) is 36.2 Å². The van der Waals surface area contributed by atoms with Crippen molar-refractivity contribution in [3.63, 3.8) is 0 Å². The minimum absolute atomic E-state index is 0.571. The Bertz CT molecular complexity index is 321. The van der Waals surface area contributed by atoms with E-state index in [1.165, 1.54) is 5.56 Å². The molecule has 0 aliphatic carbocycles. The first-order valence-electron chi connectivity index (χ1n) is 4.90. The molecular weight excluding hydrogens is 242 g/mol. The molecule has 2 nitrogen and oxygen atoms in total. The molecule has 0 radical (unpaired) electrons. The Labute approximate surface area is 92.6 Å². The van der Waals surface area contributed by atoms with Crippen molar-refractivity contribution in [2.75, 3.05) is 18.9 Å². The highest BCUT2D eigenvalue weighted by atomic mass is 79.9. The highest BCUT2D eigenvalue weighted by molar-refractivity contribution is 9.10. The lowest BCUT2D eigenvalue weighted by Gasteiger charge is -2.23. The molecule has 0 amide bonds. The Morgan fingerprint density at radius 3 is 2.71 bits per heavy atom. The smallest absolute Gasteiger partial charge is 0.0493 e. The molecule has 76 valence electrons. The van der Waals surface area contributed by atoms with Gasteiger partial charge in [0.2, 0.25) is 0 Å². The first-order valence-corrected chi connectivity index (χ1v) is 5.70. The van der Waals surface area contributed by atoms with Crippen LogP contribution in [0.5, 0.6) is 0 Å². The van der Waals surface area contributed by atoms with E-state index in [4.69, 9.17) is 10.5 Å². The fraction of sp³-hybridized carbons (Fsp3) is 0.455. The van der Waals surface area contributed by atoms with Crippen LogP contribution in [0.1, 0.15) is 24.3 Å². The van der Waals surface area contributed by atoms with E-state index in [-0.39, 0.29) is 0 Å². The molecule has 0 bridgehead atoms. The van der Waals surface area contributed by atoms with Gasteiger partial charge in [-0.1, -0.05) is 12.1 Å². The predicted molar refractivity (Wildman–Crippen MR) is 61.3 cm³/mol. The van der Waals surface area contributed by atoms with E-state index in [0.29, 0.717) is 5.92 Å². The number of anilines is 1. The molecule has 2 N–H and O–H groups in total. The lowest BCUT2D eigenvalue weighted by Crippen LogP contribution is -2.15. The van der Waals surface area contributed by atoms with Crippen LogP contribution >= 0.6 is 15.9 Å². The van der Waals surface area contributed by atoms with Gasteiger partial charge >= 0.3 is 0 Å². The van der Waals surface area contributed by atoms with Gasteiger partial charge in [-0.2, -0.15) is 0 Å². The summed E-state index contributed by atoms with van der Waals surface area (Å²) in [5, 5.41) is 0. The van der Waals surface area contributed by atoms with Crippen molar-refractivity contribution >= 4 is 21.6 Å². The fourth-order valence-corrected chi connectivity index (χ4v) is 2.30. The molecule has 1 heterocycles. The summed E-state index contributed by atoms with van der Waals surface area (Å²) >= 11 is 3.46. The zero-order chi connectivity index (χ0) is 9.97. The van der Waals surface area contributed by atoms with Gasteiger partial charge in [0.1, 0.15) is 0 Å². The summed E-state index contributed by atoms with van der Waals surface area (Å²) in [6.07, 6.45) is 2.17. The maximum Gasteiger partial charge on any atom is 0.0493 e. The number of halogens is 1. The Morgan fingerprint density at radius 1 is 1.29 bits per heavy atom. The summed E-state index contributed by atoms with van der Waals surface area (Å²) in [5.41, 5.74) is 8.18. The third-order valence-corrected chi connectivity index (χ3v) is 3.44. The average Bonchev–Trinajstić information content (AvgIpc) is 2.23. The standard InChI is InChI=1S/C11H14BrNO/c12-10-3-1-2-9(11(10)13)8-4-6-14-7-5-8/h1-3,8H,4-7,13H2. The topological polar surface area (TPSA) is 35.2 Å². The number of hydrogen-bond donors (Lipinski definition) is 1. The summed E-state index contributed by atoms with van der Waals surface area (Å²) in [7, 11) is 0.